The van der Waals surface area contributed by atoms with Crippen LogP contribution in [0.25, 0.3) is 0 Å². The Kier molecular flexibility index (Phi) is 6.60. The van der Waals surface area contributed by atoms with Gasteiger partial charge >= 0.3 is 5.97 Å². The smallest absolute Gasteiger partial charge is 0.323 e. The number of carbonyl (C=O) groups excluding carboxylic acids is 1. The highest BCUT2D eigenvalue weighted by molar-refractivity contribution is 6.27. The van der Waals surface area contributed by atoms with Gasteiger partial charge < -0.3 is 10.0 Å². The molecule has 1 fully saturated rings. The number of hydrogen-bond acceptors (Lipinski definition) is 3. The molecule has 6 heteroatoms. The van der Waals surface area contributed by atoms with Crippen LogP contribution in [0, 0.1) is 0 Å². The number of carbonyl (C=O) groups is 2. The molecule has 5 nitrogen and oxygen atoms in total. The third-order valence-electron chi connectivity index (χ3n) is 4.74. The van der Waals surface area contributed by atoms with Crippen molar-refractivity contribution in [3.8, 4) is 0 Å². The predicted octanol–water partition coefficient (Wildman–Crippen LogP) is 3.53. The summed E-state index contributed by atoms with van der Waals surface area (Å²) in [5, 5.41) is 8.94. The SMILES string of the molecule is CC(=NC1(N(C=O)CC(=O)O)CCCCCC1)C1=CCC=CC1Cl. The molecule has 1 amide bonds. The van der Waals surface area contributed by atoms with Crippen LogP contribution >= 0.6 is 11.6 Å². The van der Waals surface area contributed by atoms with Crippen LogP contribution in [0.15, 0.2) is 28.8 Å². The molecule has 1 unspecified atom stereocenters. The van der Waals surface area contributed by atoms with Crippen molar-refractivity contribution < 1.29 is 14.7 Å². The Balaban J connectivity index is 2.37. The maximum atomic E-state index is 11.6. The highest BCUT2D eigenvalue weighted by Gasteiger charge is 2.37. The summed E-state index contributed by atoms with van der Waals surface area (Å²) in [6.45, 7) is 1.57. The molecule has 1 saturated carbocycles. The highest BCUT2D eigenvalue weighted by Crippen LogP contribution is 2.34. The summed E-state index contributed by atoms with van der Waals surface area (Å²) in [4.78, 5) is 29.1. The average molecular weight is 353 g/mol. The molecule has 1 N–H and O–H groups in total. The molecule has 2 aliphatic carbocycles. The van der Waals surface area contributed by atoms with E-state index >= 15 is 0 Å². The summed E-state index contributed by atoms with van der Waals surface area (Å²) in [7, 11) is 0. The van der Waals surface area contributed by atoms with Gasteiger partial charge in [0.1, 0.15) is 12.2 Å². The molecule has 0 aliphatic heterocycles. The lowest BCUT2D eigenvalue weighted by Gasteiger charge is -2.38. The maximum Gasteiger partial charge on any atom is 0.323 e. The van der Waals surface area contributed by atoms with Crippen LogP contribution in [0.3, 0.4) is 0 Å². The van der Waals surface area contributed by atoms with E-state index in [2.05, 4.69) is 0 Å². The first-order valence-electron chi connectivity index (χ1n) is 8.50. The Morgan fingerprint density at radius 2 is 2.08 bits per heavy atom. The molecule has 24 heavy (non-hydrogen) atoms. The number of nitrogens with zero attached hydrogens (tertiary/aromatic N) is 2. The molecule has 0 aromatic carbocycles. The Morgan fingerprint density at radius 1 is 1.42 bits per heavy atom. The number of rotatable bonds is 6. The second kappa shape index (κ2) is 8.47. The van der Waals surface area contributed by atoms with Crippen LogP contribution < -0.4 is 0 Å². The second-order valence-electron chi connectivity index (χ2n) is 6.45. The Morgan fingerprint density at radius 3 is 2.62 bits per heavy atom. The highest BCUT2D eigenvalue weighted by atomic mass is 35.5. The summed E-state index contributed by atoms with van der Waals surface area (Å²) in [6, 6.07) is 0. The molecule has 1 atom stereocenters. The molecule has 0 aromatic rings. The van der Waals surface area contributed by atoms with Crippen molar-refractivity contribution in [3.63, 3.8) is 0 Å². The van der Waals surface area contributed by atoms with Crippen LogP contribution in [0.5, 0.6) is 0 Å². The summed E-state index contributed by atoms with van der Waals surface area (Å²) < 4.78 is 0. The minimum atomic E-state index is -1.02. The molecule has 132 valence electrons. The van der Waals surface area contributed by atoms with Crippen LogP contribution in [-0.4, -0.2) is 45.7 Å². The number of hydrogen-bond donors (Lipinski definition) is 1. The fourth-order valence-corrected chi connectivity index (χ4v) is 3.87. The van der Waals surface area contributed by atoms with E-state index in [4.69, 9.17) is 21.7 Å². The minimum Gasteiger partial charge on any atom is -0.480 e. The number of amides is 1. The topological polar surface area (TPSA) is 70.0 Å². The molecule has 0 bridgehead atoms. The van der Waals surface area contributed by atoms with Crippen molar-refractivity contribution >= 4 is 29.7 Å². The van der Waals surface area contributed by atoms with Gasteiger partial charge in [0.15, 0.2) is 0 Å². The number of carboxylic acids is 1. The Hall–Kier alpha value is -1.62. The minimum absolute atomic E-state index is 0.227. The molecule has 0 saturated heterocycles. The molecule has 0 radical (unpaired) electrons. The largest absolute Gasteiger partial charge is 0.480 e. The lowest BCUT2D eigenvalue weighted by atomic mass is 9.96. The third kappa shape index (κ3) is 4.47. The van der Waals surface area contributed by atoms with E-state index in [-0.39, 0.29) is 11.9 Å². The molecule has 0 spiro atoms. The van der Waals surface area contributed by atoms with E-state index in [0.717, 1.165) is 43.4 Å². The normalized spacial score (nSPS) is 24.0. The molecular formula is C18H25ClN2O3. The van der Waals surface area contributed by atoms with Gasteiger partial charge in [0.2, 0.25) is 6.41 Å². The number of halogens is 1. The fraction of sp³-hybridized carbons (Fsp3) is 0.611. The molecule has 0 aromatic heterocycles. The lowest BCUT2D eigenvalue weighted by molar-refractivity contribution is -0.144. The van der Waals surface area contributed by atoms with Gasteiger partial charge in [-0.15, -0.1) is 11.6 Å². The van der Waals surface area contributed by atoms with Gasteiger partial charge in [-0.1, -0.05) is 31.1 Å². The first-order valence-corrected chi connectivity index (χ1v) is 8.93. The zero-order valence-electron chi connectivity index (χ0n) is 14.1. The van der Waals surface area contributed by atoms with Gasteiger partial charge in [-0.25, -0.2) is 0 Å². The van der Waals surface area contributed by atoms with E-state index < -0.39 is 11.6 Å². The van der Waals surface area contributed by atoms with Crippen LogP contribution in [0.1, 0.15) is 51.9 Å². The number of carboxylic acid groups (broad SMARTS) is 1. The number of aliphatic imine (C=N–C) groups is 1. The van der Waals surface area contributed by atoms with Crippen molar-refractivity contribution in [2.45, 2.75) is 62.9 Å². The number of aliphatic carboxylic acids is 1. The average Bonchev–Trinajstić information content (AvgIpc) is 2.79. The van der Waals surface area contributed by atoms with E-state index in [1.165, 1.54) is 4.90 Å². The van der Waals surface area contributed by atoms with Gasteiger partial charge in [-0.2, -0.15) is 0 Å². The van der Waals surface area contributed by atoms with Gasteiger partial charge in [0.05, 0.1) is 5.38 Å². The Bertz CT molecular complexity index is 561. The standard InChI is InChI=1S/C18H25ClN2O3/c1-14(15-8-4-5-9-16(15)19)20-18(10-6-2-3-7-11-18)21(13-22)12-17(23)24/h5,8-9,13,16H,2-4,6-7,10-12H2,1H3,(H,23,24). The van der Waals surface area contributed by atoms with E-state index in [1.54, 1.807) is 0 Å². The first-order chi connectivity index (χ1) is 11.5. The quantitative estimate of drug-likeness (QED) is 0.261. The zero-order valence-corrected chi connectivity index (χ0v) is 14.8. The van der Waals surface area contributed by atoms with Crippen LogP contribution in [0.2, 0.25) is 0 Å². The maximum absolute atomic E-state index is 11.6. The molecule has 2 aliphatic rings. The summed E-state index contributed by atoms with van der Waals surface area (Å²) in [5.41, 5.74) is 0.960. The third-order valence-corrected chi connectivity index (χ3v) is 5.12. The summed E-state index contributed by atoms with van der Waals surface area (Å²) in [6.07, 6.45) is 12.8. The summed E-state index contributed by atoms with van der Waals surface area (Å²) >= 11 is 6.36. The fourth-order valence-electron chi connectivity index (χ4n) is 3.52. The second-order valence-corrected chi connectivity index (χ2v) is 6.92. The van der Waals surface area contributed by atoms with E-state index in [0.29, 0.717) is 19.3 Å². The predicted molar refractivity (Wildman–Crippen MR) is 95.4 cm³/mol. The van der Waals surface area contributed by atoms with Crippen molar-refractivity contribution in [2.75, 3.05) is 6.54 Å². The lowest BCUT2D eigenvalue weighted by Crippen LogP contribution is -2.49. The first kappa shape index (κ1) is 18.7. The van der Waals surface area contributed by atoms with Gasteiger partial charge in [-0.3, -0.25) is 14.6 Å². The summed E-state index contributed by atoms with van der Waals surface area (Å²) in [5.74, 6) is -1.02. The molecule has 0 heterocycles. The van der Waals surface area contributed by atoms with Crippen molar-refractivity contribution in [2.24, 2.45) is 4.99 Å². The van der Waals surface area contributed by atoms with Gasteiger partial charge in [-0.05, 0) is 44.6 Å². The van der Waals surface area contributed by atoms with E-state index in [9.17, 15) is 9.59 Å². The molecular weight excluding hydrogens is 328 g/mol. The number of alkyl halides is 1. The van der Waals surface area contributed by atoms with Crippen molar-refractivity contribution in [1.29, 1.82) is 0 Å². The van der Waals surface area contributed by atoms with E-state index in [1.807, 2.05) is 25.2 Å². The van der Waals surface area contributed by atoms with Gasteiger partial charge in [0, 0.05) is 5.71 Å². The zero-order chi connectivity index (χ0) is 17.6. The Labute approximate surface area is 148 Å². The van der Waals surface area contributed by atoms with Gasteiger partial charge in [0.25, 0.3) is 0 Å². The van der Waals surface area contributed by atoms with Crippen molar-refractivity contribution in [3.05, 3.63) is 23.8 Å². The number of allylic oxidation sites excluding steroid dienone is 4. The molecule has 2 rings (SSSR count). The monoisotopic (exact) mass is 352 g/mol. The van der Waals surface area contributed by atoms with Crippen LogP contribution in [0.4, 0.5) is 0 Å². The van der Waals surface area contributed by atoms with Crippen molar-refractivity contribution in [1.82, 2.24) is 4.90 Å². The van der Waals surface area contributed by atoms with Crippen LogP contribution in [-0.2, 0) is 9.59 Å².